The zero-order valence-electron chi connectivity index (χ0n) is 14.8. The SMILES string of the molecule is CC(O)(CC(=O)N1CC(OCc2nc(C3CC3)no2)C1)c1ccccc1. The van der Waals surface area contributed by atoms with Crippen molar-refractivity contribution in [3.8, 4) is 0 Å². The molecule has 1 aromatic carbocycles. The Labute approximate surface area is 152 Å². The van der Waals surface area contributed by atoms with Gasteiger partial charge in [0.15, 0.2) is 5.82 Å². The van der Waals surface area contributed by atoms with Gasteiger partial charge < -0.3 is 19.3 Å². The second-order valence-electron chi connectivity index (χ2n) is 7.37. The molecule has 2 heterocycles. The predicted molar refractivity (Wildman–Crippen MR) is 92.1 cm³/mol. The molecule has 7 nitrogen and oxygen atoms in total. The molecule has 0 radical (unpaired) electrons. The molecular formula is C19H23N3O4. The van der Waals surface area contributed by atoms with Gasteiger partial charge in [-0.3, -0.25) is 4.79 Å². The molecule has 1 aromatic heterocycles. The molecule has 4 rings (SSSR count). The number of nitrogens with zero attached hydrogens (tertiary/aromatic N) is 3. The van der Waals surface area contributed by atoms with E-state index < -0.39 is 5.60 Å². The van der Waals surface area contributed by atoms with Gasteiger partial charge in [0.05, 0.1) is 18.1 Å². The van der Waals surface area contributed by atoms with Crippen LogP contribution in [0.4, 0.5) is 0 Å². The third-order valence-electron chi connectivity index (χ3n) is 4.96. The van der Waals surface area contributed by atoms with Crippen LogP contribution in [0.1, 0.15) is 49.4 Å². The Balaban J connectivity index is 1.22. The summed E-state index contributed by atoms with van der Waals surface area (Å²) in [5, 5.41) is 14.5. The molecule has 1 atom stereocenters. The first kappa shape index (κ1) is 17.2. The van der Waals surface area contributed by atoms with E-state index in [1.165, 1.54) is 0 Å². The number of rotatable bonds is 7. The van der Waals surface area contributed by atoms with Gasteiger partial charge in [-0.2, -0.15) is 4.98 Å². The number of aromatic nitrogens is 2. The Morgan fingerprint density at radius 3 is 2.77 bits per heavy atom. The van der Waals surface area contributed by atoms with Gasteiger partial charge >= 0.3 is 0 Å². The average Bonchev–Trinajstić information content (AvgIpc) is 3.33. The molecule has 1 aliphatic heterocycles. The van der Waals surface area contributed by atoms with Crippen molar-refractivity contribution in [1.82, 2.24) is 15.0 Å². The molecule has 1 amide bonds. The minimum absolute atomic E-state index is 0.0306. The second kappa shape index (κ2) is 6.81. The lowest BCUT2D eigenvalue weighted by molar-refractivity contribution is -0.151. The van der Waals surface area contributed by atoms with E-state index in [1.54, 1.807) is 11.8 Å². The zero-order valence-corrected chi connectivity index (χ0v) is 14.8. The summed E-state index contributed by atoms with van der Waals surface area (Å²) in [5.41, 5.74) is -0.433. The van der Waals surface area contributed by atoms with E-state index in [1.807, 2.05) is 30.3 Å². The number of likely N-dealkylation sites (tertiary alicyclic amines) is 1. The van der Waals surface area contributed by atoms with Crippen LogP contribution in [0.2, 0.25) is 0 Å². The monoisotopic (exact) mass is 357 g/mol. The molecule has 1 N–H and O–H groups in total. The standard InChI is InChI=1S/C19H23N3O4/c1-19(24,14-5-3-2-4-6-14)9-17(23)22-10-15(11-22)25-12-16-20-18(21-26-16)13-7-8-13/h2-6,13,15,24H,7-12H2,1H3. The molecule has 0 spiro atoms. The van der Waals surface area contributed by atoms with Gasteiger partial charge in [-0.05, 0) is 25.3 Å². The number of hydrogen-bond donors (Lipinski definition) is 1. The van der Waals surface area contributed by atoms with Gasteiger partial charge in [0, 0.05) is 19.0 Å². The van der Waals surface area contributed by atoms with Crippen molar-refractivity contribution < 1.29 is 19.2 Å². The van der Waals surface area contributed by atoms with Crippen LogP contribution >= 0.6 is 0 Å². The molecule has 7 heteroatoms. The van der Waals surface area contributed by atoms with Crippen molar-refractivity contribution >= 4 is 5.91 Å². The maximum absolute atomic E-state index is 12.4. The van der Waals surface area contributed by atoms with Crippen LogP contribution in [0.25, 0.3) is 0 Å². The highest BCUT2D eigenvalue weighted by molar-refractivity contribution is 5.78. The molecule has 2 fully saturated rings. The van der Waals surface area contributed by atoms with Crippen molar-refractivity contribution in [3.05, 3.63) is 47.6 Å². The topological polar surface area (TPSA) is 88.7 Å². The minimum Gasteiger partial charge on any atom is -0.385 e. The number of carbonyl (C=O) groups is 1. The fourth-order valence-electron chi connectivity index (χ4n) is 3.08. The summed E-state index contributed by atoms with van der Waals surface area (Å²) in [4.78, 5) is 18.4. The quantitative estimate of drug-likeness (QED) is 0.815. The van der Waals surface area contributed by atoms with E-state index in [0.717, 1.165) is 24.2 Å². The van der Waals surface area contributed by atoms with Gasteiger partial charge in [-0.15, -0.1) is 0 Å². The van der Waals surface area contributed by atoms with Gasteiger partial charge in [0.2, 0.25) is 5.91 Å². The highest BCUT2D eigenvalue weighted by Gasteiger charge is 2.36. The van der Waals surface area contributed by atoms with Gasteiger partial charge in [-0.1, -0.05) is 35.5 Å². The Bertz CT molecular complexity index is 764. The van der Waals surface area contributed by atoms with E-state index >= 15 is 0 Å². The lowest BCUT2D eigenvalue weighted by Gasteiger charge is -2.40. The maximum atomic E-state index is 12.4. The Kier molecular flexibility index (Phi) is 4.50. The Morgan fingerprint density at radius 2 is 2.08 bits per heavy atom. The van der Waals surface area contributed by atoms with Crippen LogP contribution in [-0.2, 0) is 21.7 Å². The van der Waals surface area contributed by atoms with Crippen molar-refractivity contribution in [3.63, 3.8) is 0 Å². The van der Waals surface area contributed by atoms with Crippen LogP contribution in [0.3, 0.4) is 0 Å². The Hall–Kier alpha value is -2.25. The maximum Gasteiger partial charge on any atom is 0.252 e. The lowest BCUT2D eigenvalue weighted by Crippen LogP contribution is -2.55. The molecular weight excluding hydrogens is 334 g/mol. The highest BCUT2D eigenvalue weighted by atomic mass is 16.5. The first-order valence-electron chi connectivity index (χ1n) is 9.01. The van der Waals surface area contributed by atoms with Crippen molar-refractivity contribution in [2.24, 2.45) is 0 Å². The fourth-order valence-corrected chi connectivity index (χ4v) is 3.08. The summed E-state index contributed by atoms with van der Waals surface area (Å²) in [5.74, 6) is 1.65. The summed E-state index contributed by atoms with van der Waals surface area (Å²) in [6, 6.07) is 9.25. The van der Waals surface area contributed by atoms with E-state index in [0.29, 0.717) is 24.9 Å². The zero-order chi connectivity index (χ0) is 18.1. The lowest BCUT2D eigenvalue weighted by atomic mass is 9.91. The molecule has 2 aliphatic rings. The van der Waals surface area contributed by atoms with E-state index in [4.69, 9.17) is 9.26 Å². The first-order chi connectivity index (χ1) is 12.5. The largest absolute Gasteiger partial charge is 0.385 e. The van der Waals surface area contributed by atoms with E-state index in [-0.39, 0.29) is 25.0 Å². The molecule has 1 saturated carbocycles. The summed E-state index contributed by atoms with van der Waals surface area (Å²) >= 11 is 0. The van der Waals surface area contributed by atoms with E-state index in [2.05, 4.69) is 10.1 Å². The van der Waals surface area contributed by atoms with Crippen molar-refractivity contribution in [2.45, 2.75) is 50.4 Å². The predicted octanol–water partition coefficient (Wildman–Crippen LogP) is 1.97. The number of benzene rings is 1. The fraction of sp³-hybridized carbons (Fsp3) is 0.526. The normalized spacial score (nSPS) is 19.8. The minimum atomic E-state index is -1.17. The summed E-state index contributed by atoms with van der Waals surface area (Å²) in [6.07, 6.45) is 2.29. The number of ether oxygens (including phenoxy) is 1. The molecule has 1 aliphatic carbocycles. The summed E-state index contributed by atoms with van der Waals surface area (Å²) in [6.45, 7) is 2.98. The number of amides is 1. The van der Waals surface area contributed by atoms with Crippen LogP contribution in [-0.4, -0.2) is 45.2 Å². The second-order valence-corrected chi connectivity index (χ2v) is 7.37. The van der Waals surface area contributed by atoms with Crippen LogP contribution in [0, 0.1) is 0 Å². The molecule has 2 aromatic rings. The number of hydrogen-bond acceptors (Lipinski definition) is 6. The van der Waals surface area contributed by atoms with Gasteiger partial charge in [0.25, 0.3) is 5.89 Å². The van der Waals surface area contributed by atoms with Crippen LogP contribution in [0.5, 0.6) is 0 Å². The molecule has 138 valence electrons. The summed E-state index contributed by atoms with van der Waals surface area (Å²) < 4.78 is 10.9. The molecule has 1 unspecified atom stereocenters. The molecule has 0 bridgehead atoms. The third-order valence-corrected chi connectivity index (χ3v) is 4.96. The molecule has 1 saturated heterocycles. The van der Waals surface area contributed by atoms with Crippen LogP contribution < -0.4 is 0 Å². The van der Waals surface area contributed by atoms with Gasteiger partial charge in [0.1, 0.15) is 6.61 Å². The van der Waals surface area contributed by atoms with E-state index in [9.17, 15) is 9.90 Å². The molecule has 26 heavy (non-hydrogen) atoms. The van der Waals surface area contributed by atoms with Gasteiger partial charge in [-0.25, -0.2) is 0 Å². The third kappa shape index (κ3) is 3.78. The smallest absolute Gasteiger partial charge is 0.252 e. The number of aliphatic hydroxyl groups is 1. The Morgan fingerprint density at radius 1 is 1.35 bits per heavy atom. The van der Waals surface area contributed by atoms with Crippen LogP contribution in [0.15, 0.2) is 34.9 Å². The highest BCUT2D eigenvalue weighted by Crippen LogP contribution is 2.38. The average molecular weight is 357 g/mol. The summed E-state index contributed by atoms with van der Waals surface area (Å²) in [7, 11) is 0. The number of carbonyl (C=O) groups excluding carboxylic acids is 1. The van der Waals surface area contributed by atoms with Crippen molar-refractivity contribution in [2.75, 3.05) is 13.1 Å². The van der Waals surface area contributed by atoms with Crippen molar-refractivity contribution in [1.29, 1.82) is 0 Å². The first-order valence-corrected chi connectivity index (χ1v) is 9.01.